The fourth-order valence-electron chi connectivity index (χ4n) is 3.53. The van der Waals surface area contributed by atoms with Crippen LogP contribution in [0.1, 0.15) is 42.5 Å². The Morgan fingerprint density at radius 2 is 2.00 bits per heavy atom. The van der Waals surface area contributed by atoms with Crippen LogP contribution in [0.25, 0.3) is 0 Å². The summed E-state index contributed by atoms with van der Waals surface area (Å²) in [5.41, 5.74) is 2.52. The molecule has 1 aromatic carbocycles. The molecule has 2 aromatic rings. The molecule has 1 aromatic heterocycles. The summed E-state index contributed by atoms with van der Waals surface area (Å²) in [6.45, 7) is 9.22. The average molecular weight is 528 g/mol. The number of aromatic nitrogens is 1. The third-order valence-corrected chi connectivity index (χ3v) is 6.03. The van der Waals surface area contributed by atoms with Crippen molar-refractivity contribution in [1.29, 1.82) is 0 Å². The van der Waals surface area contributed by atoms with Gasteiger partial charge in [0.15, 0.2) is 5.96 Å². The topological polar surface area (TPSA) is 52.6 Å². The zero-order valence-electron chi connectivity index (χ0n) is 17.6. The van der Waals surface area contributed by atoms with E-state index in [1.807, 2.05) is 0 Å². The molecule has 3 rings (SSSR count). The number of likely N-dealkylation sites (tertiary alicyclic amines) is 1. The second-order valence-electron chi connectivity index (χ2n) is 7.43. The summed E-state index contributed by atoms with van der Waals surface area (Å²) in [4.78, 5) is 11.9. The molecule has 5 nitrogen and oxygen atoms in total. The summed E-state index contributed by atoms with van der Waals surface area (Å²) in [6.07, 6.45) is 4.38. The third kappa shape index (κ3) is 8.60. The van der Waals surface area contributed by atoms with E-state index in [1.54, 1.807) is 11.3 Å². The number of benzene rings is 1. The Kier molecular flexibility index (Phi) is 10.9. The highest BCUT2D eigenvalue weighted by atomic mass is 127. The van der Waals surface area contributed by atoms with Crippen LogP contribution in [0.15, 0.2) is 40.7 Å². The van der Waals surface area contributed by atoms with Crippen LogP contribution in [-0.4, -0.2) is 48.1 Å². The van der Waals surface area contributed by atoms with Gasteiger partial charge in [0, 0.05) is 56.3 Å². The number of nitrogens with one attached hydrogen (secondary N) is 2. The minimum Gasteiger partial charge on any atom is -0.357 e. The Balaban J connectivity index is 0.00000300. The lowest BCUT2D eigenvalue weighted by atomic mass is 10.0. The maximum atomic E-state index is 4.77. The van der Waals surface area contributed by atoms with Crippen LogP contribution in [0.3, 0.4) is 0 Å². The van der Waals surface area contributed by atoms with Crippen molar-refractivity contribution >= 4 is 41.3 Å². The van der Waals surface area contributed by atoms with E-state index in [0.29, 0.717) is 6.04 Å². The average Bonchev–Trinajstić information content (AvgIpc) is 3.13. The van der Waals surface area contributed by atoms with Gasteiger partial charge in [0.25, 0.3) is 0 Å². The molecule has 2 N–H and O–H groups in total. The van der Waals surface area contributed by atoms with Crippen LogP contribution in [-0.2, 0) is 13.0 Å². The minimum absolute atomic E-state index is 0. The summed E-state index contributed by atoms with van der Waals surface area (Å²) in [5, 5.41) is 10.4. The molecule has 0 amide bonds. The van der Waals surface area contributed by atoms with Gasteiger partial charge >= 0.3 is 0 Å². The van der Waals surface area contributed by atoms with Crippen molar-refractivity contribution < 1.29 is 0 Å². The Bertz CT molecular complexity index is 726. The summed E-state index contributed by atoms with van der Waals surface area (Å²) < 4.78 is 0. The number of thiazole rings is 1. The highest BCUT2D eigenvalue weighted by Crippen LogP contribution is 2.14. The Labute approximate surface area is 196 Å². The predicted octanol–water partition coefficient (Wildman–Crippen LogP) is 4.22. The number of guanidine groups is 1. The van der Waals surface area contributed by atoms with Gasteiger partial charge in [0.05, 0.1) is 5.01 Å². The van der Waals surface area contributed by atoms with Crippen molar-refractivity contribution in [2.24, 2.45) is 4.99 Å². The van der Waals surface area contributed by atoms with Gasteiger partial charge in [-0.25, -0.2) is 4.98 Å². The molecule has 2 heterocycles. The van der Waals surface area contributed by atoms with E-state index in [-0.39, 0.29) is 24.0 Å². The maximum absolute atomic E-state index is 4.77. The van der Waals surface area contributed by atoms with Gasteiger partial charge in [-0.1, -0.05) is 30.3 Å². The first-order valence-electron chi connectivity index (χ1n) is 10.4. The molecule has 0 unspecified atom stereocenters. The van der Waals surface area contributed by atoms with E-state index >= 15 is 0 Å². The zero-order chi connectivity index (χ0) is 19.6. The fourth-order valence-corrected chi connectivity index (χ4v) is 4.35. The molecule has 29 heavy (non-hydrogen) atoms. The van der Waals surface area contributed by atoms with Gasteiger partial charge in [-0.2, -0.15) is 0 Å². The number of rotatable bonds is 8. The van der Waals surface area contributed by atoms with Crippen LogP contribution < -0.4 is 10.6 Å². The Morgan fingerprint density at radius 3 is 2.66 bits per heavy atom. The van der Waals surface area contributed by atoms with Crippen molar-refractivity contribution in [3.8, 4) is 0 Å². The van der Waals surface area contributed by atoms with Gasteiger partial charge in [0.1, 0.15) is 0 Å². The van der Waals surface area contributed by atoms with Gasteiger partial charge in [-0.3, -0.25) is 9.89 Å². The molecular weight excluding hydrogens is 493 g/mol. The van der Waals surface area contributed by atoms with Crippen molar-refractivity contribution in [2.45, 2.75) is 52.1 Å². The number of aryl methyl sites for hydroxylation is 2. The van der Waals surface area contributed by atoms with E-state index < -0.39 is 0 Å². The van der Waals surface area contributed by atoms with Crippen LogP contribution in [0, 0.1) is 6.92 Å². The number of nitrogens with zero attached hydrogens (tertiary/aromatic N) is 3. The summed E-state index contributed by atoms with van der Waals surface area (Å²) in [5.74, 6) is 0.958. The lowest BCUT2D eigenvalue weighted by Crippen LogP contribution is -2.48. The maximum Gasteiger partial charge on any atom is 0.191 e. The van der Waals surface area contributed by atoms with E-state index in [0.717, 1.165) is 70.1 Å². The van der Waals surface area contributed by atoms with Crippen LogP contribution in [0.2, 0.25) is 0 Å². The molecule has 0 aliphatic carbocycles. The summed E-state index contributed by atoms with van der Waals surface area (Å²) in [6, 6.07) is 11.3. The first-order valence-corrected chi connectivity index (χ1v) is 11.3. The molecule has 1 fully saturated rings. The molecule has 1 aliphatic rings. The van der Waals surface area contributed by atoms with E-state index in [4.69, 9.17) is 4.99 Å². The molecule has 7 heteroatoms. The molecule has 0 saturated carbocycles. The smallest absolute Gasteiger partial charge is 0.191 e. The lowest BCUT2D eigenvalue weighted by molar-refractivity contribution is 0.198. The predicted molar refractivity (Wildman–Crippen MR) is 134 cm³/mol. The SMILES string of the molecule is CCNC(=NCCCc1nc(C)cs1)NC1CCN(Cc2ccccc2)CC1.I. The monoisotopic (exact) mass is 527 g/mol. The van der Waals surface area contributed by atoms with Crippen molar-refractivity contribution in [2.75, 3.05) is 26.2 Å². The third-order valence-electron chi connectivity index (χ3n) is 5.01. The van der Waals surface area contributed by atoms with Crippen LogP contribution in [0.4, 0.5) is 0 Å². The van der Waals surface area contributed by atoms with E-state index in [9.17, 15) is 0 Å². The standard InChI is InChI=1S/C22H33N5S.HI/c1-3-23-22(24-13-7-10-21-25-18(2)17-28-21)26-20-11-14-27(15-12-20)16-19-8-5-4-6-9-19;/h4-6,8-9,17,20H,3,7,10-16H2,1-2H3,(H2,23,24,26);1H. The molecule has 0 spiro atoms. The van der Waals surface area contributed by atoms with E-state index in [1.165, 1.54) is 10.6 Å². The Hall–Kier alpha value is -1.19. The number of aliphatic imine (C=N–C) groups is 1. The van der Waals surface area contributed by atoms with Gasteiger partial charge in [0.2, 0.25) is 0 Å². The summed E-state index contributed by atoms with van der Waals surface area (Å²) in [7, 11) is 0. The minimum atomic E-state index is 0. The molecule has 160 valence electrons. The van der Waals surface area contributed by atoms with Crippen LogP contribution in [0.5, 0.6) is 0 Å². The number of piperidine rings is 1. The quantitative estimate of drug-likeness (QED) is 0.234. The van der Waals surface area contributed by atoms with Gasteiger partial charge < -0.3 is 10.6 Å². The molecule has 1 aliphatic heterocycles. The van der Waals surface area contributed by atoms with E-state index in [2.05, 4.69) is 70.1 Å². The second-order valence-corrected chi connectivity index (χ2v) is 8.37. The van der Waals surface area contributed by atoms with Crippen molar-refractivity contribution in [3.63, 3.8) is 0 Å². The molecule has 0 bridgehead atoms. The number of halogens is 1. The Morgan fingerprint density at radius 1 is 1.24 bits per heavy atom. The first-order chi connectivity index (χ1) is 13.7. The van der Waals surface area contributed by atoms with Crippen LogP contribution >= 0.6 is 35.3 Å². The summed E-state index contributed by atoms with van der Waals surface area (Å²) >= 11 is 1.75. The van der Waals surface area contributed by atoms with Crippen molar-refractivity contribution in [1.82, 2.24) is 20.5 Å². The first kappa shape index (κ1) is 24.1. The fraction of sp³-hybridized carbons (Fsp3) is 0.545. The second kappa shape index (κ2) is 13.2. The number of hydrogen-bond donors (Lipinski definition) is 2. The largest absolute Gasteiger partial charge is 0.357 e. The lowest BCUT2D eigenvalue weighted by Gasteiger charge is -2.33. The molecule has 1 saturated heterocycles. The van der Waals surface area contributed by atoms with Crippen molar-refractivity contribution in [3.05, 3.63) is 52.0 Å². The number of hydrogen-bond acceptors (Lipinski definition) is 4. The molecule has 0 atom stereocenters. The molecule has 0 radical (unpaired) electrons. The van der Waals surface area contributed by atoms with Gasteiger partial charge in [-0.05, 0) is 38.7 Å². The highest BCUT2D eigenvalue weighted by molar-refractivity contribution is 14.0. The highest BCUT2D eigenvalue weighted by Gasteiger charge is 2.19. The normalized spacial score (nSPS) is 15.7. The zero-order valence-corrected chi connectivity index (χ0v) is 20.7. The van der Waals surface area contributed by atoms with Gasteiger partial charge in [-0.15, -0.1) is 35.3 Å². The molecular formula is C22H34IN5S.